The number of carbonyl (C=O) groups is 1. The number of hydrogen-bond donors (Lipinski definition) is 0. The molecule has 1 aliphatic heterocycles. The van der Waals surface area contributed by atoms with Gasteiger partial charge in [0, 0.05) is 18.9 Å². The van der Waals surface area contributed by atoms with Crippen LogP contribution in [0.25, 0.3) is 0 Å². The Hall–Kier alpha value is -2.04. The number of carbonyl (C=O) groups excluding carboxylic acids is 1. The van der Waals surface area contributed by atoms with E-state index in [-0.39, 0.29) is 28.4 Å². The normalized spacial score (nSPS) is 18.2. The van der Waals surface area contributed by atoms with Gasteiger partial charge in [0.25, 0.3) is 0 Å². The average Bonchev–Trinajstić information content (AvgIpc) is 3.19. The van der Waals surface area contributed by atoms with E-state index >= 15 is 0 Å². The lowest BCUT2D eigenvalue weighted by Gasteiger charge is -2.31. The third-order valence-corrected chi connectivity index (χ3v) is 7.25. The van der Waals surface area contributed by atoms with Crippen molar-refractivity contribution in [1.82, 2.24) is 14.3 Å². The summed E-state index contributed by atoms with van der Waals surface area (Å²) >= 11 is 1.05. The quantitative estimate of drug-likeness (QED) is 0.671. The van der Waals surface area contributed by atoms with Crippen molar-refractivity contribution in [3.63, 3.8) is 0 Å². The number of methoxy groups -OCH3 is 1. The zero-order chi connectivity index (χ0) is 19.4. The lowest BCUT2D eigenvalue weighted by molar-refractivity contribution is 0.0602. The maximum Gasteiger partial charge on any atom is 0.349 e. The van der Waals surface area contributed by atoms with E-state index in [4.69, 9.17) is 4.74 Å². The summed E-state index contributed by atoms with van der Waals surface area (Å²) in [4.78, 5) is 20.2. The zero-order valence-electron chi connectivity index (χ0n) is 15.1. The Morgan fingerprint density at radius 1 is 1.37 bits per heavy atom. The maximum absolute atomic E-state index is 13.0. The van der Waals surface area contributed by atoms with Crippen LogP contribution in [-0.2, 0) is 21.2 Å². The van der Waals surface area contributed by atoms with Gasteiger partial charge in [-0.2, -0.15) is 4.31 Å². The van der Waals surface area contributed by atoms with E-state index in [2.05, 4.69) is 14.7 Å². The molecule has 27 heavy (non-hydrogen) atoms. The van der Waals surface area contributed by atoms with Crippen LogP contribution in [0, 0.1) is 0 Å². The molecule has 2 aromatic rings. The van der Waals surface area contributed by atoms with Crippen LogP contribution in [0.5, 0.6) is 6.01 Å². The Bertz CT molecular complexity index is 896. The number of hydrogen-bond acceptors (Lipinski definition) is 8. The van der Waals surface area contributed by atoms with Crippen LogP contribution in [0.2, 0.25) is 0 Å². The summed E-state index contributed by atoms with van der Waals surface area (Å²) in [5.41, 5.74) is 1.00. The van der Waals surface area contributed by atoms with Crippen LogP contribution in [-0.4, -0.2) is 55.0 Å². The van der Waals surface area contributed by atoms with Gasteiger partial charge >= 0.3 is 12.0 Å². The highest BCUT2D eigenvalue weighted by molar-refractivity contribution is 7.89. The van der Waals surface area contributed by atoms with Crippen molar-refractivity contribution < 1.29 is 22.7 Å². The van der Waals surface area contributed by atoms with Gasteiger partial charge in [0.15, 0.2) is 0 Å². The summed E-state index contributed by atoms with van der Waals surface area (Å²) < 4.78 is 37.8. The van der Waals surface area contributed by atoms with Gasteiger partial charge in [0.1, 0.15) is 15.9 Å². The van der Waals surface area contributed by atoms with Gasteiger partial charge in [-0.05, 0) is 36.3 Å². The van der Waals surface area contributed by atoms with E-state index in [0.717, 1.165) is 23.3 Å². The molecule has 8 nitrogen and oxygen atoms in total. The van der Waals surface area contributed by atoms with Gasteiger partial charge in [0.05, 0.1) is 13.7 Å². The number of piperidine rings is 1. The first-order chi connectivity index (χ1) is 13.0. The zero-order valence-corrected chi connectivity index (χ0v) is 16.8. The fourth-order valence-corrected chi connectivity index (χ4v) is 5.65. The first-order valence-corrected chi connectivity index (χ1v) is 10.9. The SMILES string of the molecule is CCc1cnc(OC2CCCN(S(=O)(=O)c3ccsc3C(=O)OC)C2)nc1. The molecular formula is C17H21N3O5S2. The average molecular weight is 412 g/mol. The lowest BCUT2D eigenvalue weighted by Crippen LogP contribution is -2.44. The largest absolute Gasteiger partial charge is 0.465 e. The lowest BCUT2D eigenvalue weighted by atomic mass is 10.1. The van der Waals surface area contributed by atoms with E-state index < -0.39 is 16.0 Å². The van der Waals surface area contributed by atoms with Crippen LogP contribution in [0.4, 0.5) is 0 Å². The number of rotatable bonds is 6. The van der Waals surface area contributed by atoms with Crippen molar-refractivity contribution in [2.75, 3.05) is 20.2 Å². The molecule has 1 saturated heterocycles. The second-order valence-corrected chi connectivity index (χ2v) is 8.90. The molecule has 2 aromatic heterocycles. The van der Waals surface area contributed by atoms with Crippen molar-refractivity contribution >= 4 is 27.3 Å². The Labute approximate surface area is 162 Å². The summed E-state index contributed by atoms with van der Waals surface area (Å²) in [5.74, 6) is -0.655. The molecule has 3 heterocycles. The van der Waals surface area contributed by atoms with E-state index in [9.17, 15) is 13.2 Å². The molecule has 0 bridgehead atoms. The van der Waals surface area contributed by atoms with Crippen molar-refractivity contribution in [3.05, 3.63) is 34.3 Å². The molecule has 1 atom stereocenters. The van der Waals surface area contributed by atoms with Crippen LogP contribution < -0.4 is 4.74 Å². The number of aromatic nitrogens is 2. The fraction of sp³-hybridized carbons (Fsp3) is 0.471. The second kappa shape index (κ2) is 8.32. The van der Waals surface area contributed by atoms with Crippen molar-refractivity contribution in [3.8, 4) is 6.01 Å². The summed E-state index contributed by atoms with van der Waals surface area (Å²) in [6, 6.07) is 1.67. The van der Waals surface area contributed by atoms with Gasteiger partial charge in [-0.1, -0.05) is 6.92 Å². The Morgan fingerprint density at radius 2 is 2.11 bits per heavy atom. The number of esters is 1. The molecule has 10 heteroatoms. The van der Waals surface area contributed by atoms with E-state index in [1.165, 1.54) is 17.5 Å². The molecule has 1 fully saturated rings. The summed E-state index contributed by atoms with van der Waals surface area (Å²) in [7, 11) is -2.59. The van der Waals surface area contributed by atoms with Crippen LogP contribution in [0.3, 0.4) is 0 Å². The highest BCUT2D eigenvalue weighted by atomic mass is 32.2. The second-order valence-electron chi connectivity index (χ2n) is 6.08. The van der Waals surface area contributed by atoms with Crippen molar-refractivity contribution in [2.45, 2.75) is 37.2 Å². The molecule has 0 radical (unpaired) electrons. The number of nitrogens with zero attached hydrogens (tertiary/aromatic N) is 3. The number of thiophene rings is 1. The molecule has 0 N–H and O–H groups in total. The smallest absolute Gasteiger partial charge is 0.349 e. The van der Waals surface area contributed by atoms with Crippen LogP contribution in [0.15, 0.2) is 28.7 Å². The molecule has 0 amide bonds. The molecule has 0 aliphatic carbocycles. The Morgan fingerprint density at radius 3 is 2.78 bits per heavy atom. The van der Waals surface area contributed by atoms with Gasteiger partial charge in [-0.25, -0.2) is 23.2 Å². The fourth-order valence-electron chi connectivity index (χ4n) is 2.84. The minimum atomic E-state index is -3.82. The van der Waals surface area contributed by atoms with E-state index in [0.29, 0.717) is 19.4 Å². The Balaban J connectivity index is 1.75. The van der Waals surface area contributed by atoms with E-state index in [1.807, 2.05) is 6.92 Å². The van der Waals surface area contributed by atoms with Crippen molar-refractivity contribution in [2.24, 2.45) is 0 Å². The van der Waals surface area contributed by atoms with Gasteiger partial charge in [-0.15, -0.1) is 11.3 Å². The Kier molecular flexibility index (Phi) is 6.08. The van der Waals surface area contributed by atoms with Crippen molar-refractivity contribution in [1.29, 1.82) is 0 Å². The molecule has 3 rings (SSSR count). The molecule has 0 aromatic carbocycles. The maximum atomic E-state index is 13.0. The molecule has 1 aliphatic rings. The van der Waals surface area contributed by atoms with Gasteiger partial charge in [-0.3, -0.25) is 0 Å². The van der Waals surface area contributed by atoms with Crippen LogP contribution in [0.1, 0.15) is 35.0 Å². The first kappa shape index (κ1) is 19.7. The topological polar surface area (TPSA) is 98.7 Å². The minimum absolute atomic E-state index is 0.0245. The monoisotopic (exact) mass is 411 g/mol. The third kappa shape index (κ3) is 4.28. The minimum Gasteiger partial charge on any atom is -0.465 e. The number of aryl methyl sites for hydroxylation is 1. The van der Waals surface area contributed by atoms with Crippen LogP contribution >= 0.6 is 11.3 Å². The standard InChI is InChI=1S/C17H21N3O5S2/c1-3-12-9-18-17(19-10-12)25-13-5-4-7-20(11-13)27(22,23)14-6-8-26-15(14)16(21)24-2/h6,8-10,13H,3-5,7,11H2,1-2H3. The summed E-state index contributed by atoms with van der Waals surface area (Å²) in [6.07, 6.45) is 5.24. The molecule has 0 spiro atoms. The molecule has 1 unspecified atom stereocenters. The van der Waals surface area contributed by atoms with Gasteiger partial charge < -0.3 is 9.47 Å². The summed E-state index contributed by atoms with van der Waals surface area (Å²) in [6.45, 7) is 2.56. The number of sulfonamides is 1. The summed E-state index contributed by atoms with van der Waals surface area (Å²) in [5, 5.41) is 1.57. The van der Waals surface area contributed by atoms with E-state index in [1.54, 1.807) is 17.8 Å². The van der Waals surface area contributed by atoms with Gasteiger partial charge in [0.2, 0.25) is 10.0 Å². The molecule has 146 valence electrons. The first-order valence-electron chi connectivity index (χ1n) is 8.59. The third-order valence-electron chi connectivity index (χ3n) is 4.32. The number of ether oxygens (including phenoxy) is 2. The molecule has 0 saturated carbocycles. The highest BCUT2D eigenvalue weighted by Crippen LogP contribution is 2.28. The highest BCUT2D eigenvalue weighted by Gasteiger charge is 2.34. The molecular weight excluding hydrogens is 390 g/mol. The predicted molar refractivity (Wildman–Crippen MR) is 99.5 cm³/mol. The predicted octanol–water partition coefficient (Wildman–Crippen LogP) is 2.12.